The third-order valence-corrected chi connectivity index (χ3v) is 2.15. The summed E-state index contributed by atoms with van der Waals surface area (Å²) in [5, 5.41) is 0.697. The summed E-state index contributed by atoms with van der Waals surface area (Å²) in [6.07, 6.45) is -0.904. The summed E-state index contributed by atoms with van der Waals surface area (Å²) < 4.78 is 31.1. The van der Waals surface area contributed by atoms with Gasteiger partial charge in [-0.05, 0) is 38.5 Å². The zero-order chi connectivity index (χ0) is 16.2. The van der Waals surface area contributed by atoms with Gasteiger partial charge in [-0.25, -0.2) is 28.8 Å². The zero-order valence-corrected chi connectivity index (χ0v) is 11.9. The van der Waals surface area contributed by atoms with E-state index in [-0.39, 0.29) is 12.1 Å². The number of ether oxygens (including phenoxy) is 1. The molecule has 3 N–H and O–H groups in total. The van der Waals surface area contributed by atoms with Gasteiger partial charge in [0, 0.05) is 6.07 Å². The number of rotatable bonds is 2. The van der Waals surface area contributed by atoms with Crippen molar-refractivity contribution in [2.45, 2.75) is 32.9 Å². The van der Waals surface area contributed by atoms with Crippen LogP contribution in [-0.4, -0.2) is 22.7 Å². The molecule has 0 aliphatic rings. The van der Waals surface area contributed by atoms with Gasteiger partial charge in [0.05, 0.1) is 6.54 Å². The fourth-order valence-corrected chi connectivity index (χ4v) is 1.47. The van der Waals surface area contributed by atoms with Crippen molar-refractivity contribution in [2.75, 3.05) is 0 Å². The Morgan fingerprint density at radius 2 is 1.76 bits per heavy atom. The number of primary amides is 1. The number of nitrogens with two attached hydrogens (primary N) is 1. The van der Waals surface area contributed by atoms with E-state index in [0.29, 0.717) is 11.1 Å². The van der Waals surface area contributed by atoms with E-state index >= 15 is 0 Å². The van der Waals surface area contributed by atoms with Gasteiger partial charge in [0.1, 0.15) is 17.2 Å². The summed E-state index contributed by atoms with van der Waals surface area (Å²) >= 11 is 0. The third-order valence-electron chi connectivity index (χ3n) is 2.15. The number of halogens is 2. The normalized spacial score (nSPS) is 10.9. The highest BCUT2D eigenvalue weighted by Crippen LogP contribution is 2.11. The number of nitrogens with zero attached hydrogens (tertiary/aromatic N) is 1. The van der Waals surface area contributed by atoms with Gasteiger partial charge in [0.15, 0.2) is 0 Å². The highest BCUT2D eigenvalue weighted by atomic mass is 19.1. The maximum absolute atomic E-state index is 13.1. The second-order valence-electron chi connectivity index (χ2n) is 5.32. The average Bonchev–Trinajstić information content (AvgIpc) is 2.23. The molecule has 0 atom stereocenters. The lowest BCUT2D eigenvalue weighted by Gasteiger charge is -2.25. The molecule has 1 aromatic carbocycles. The van der Waals surface area contributed by atoms with Crippen LogP contribution in [0.25, 0.3) is 0 Å². The predicted molar refractivity (Wildman–Crippen MR) is 70.9 cm³/mol. The van der Waals surface area contributed by atoms with Gasteiger partial charge in [-0.3, -0.25) is 0 Å². The Morgan fingerprint density at radius 3 is 2.19 bits per heavy atom. The summed E-state index contributed by atoms with van der Waals surface area (Å²) in [7, 11) is 0. The molecule has 1 rings (SSSR count). The molecule has 8 heteroatoms. The molecule has 0 aliphatic carbocycles. The highest BCUT2D eigenvalue weighted by molar-refractivity contribution is 5.76. The molecule has 0 spiro atoms. The van der Waals surface area contributed by atoms with Gasteiger partial charge in [-0.1, -0.05) is 0 Å². The zero-order valence-electron chi connectivity index (χ0n) is 11.9. The third kappa shape index (κ3) is 6.07. The van der Waals surface area contributed by atoms with Crippen LogP contribution in [0.2, 0.25) is 0 Å². The molecule has 21 heavy (non-hydrogen) atoms. The minimum Gasteiger partial charge on any atom is -0.443 e. The van der Waals surface area contributed by atoms with Crippen molar-refractivity contribution in [3.8, 4) is 0 Å². The second kappa shape index (κ2) is 6.38. The molecule has 116 valence electrons. The number of hydrogen-bond donors (Lipinski definition) is 2. The Balaban J connectivity index is 2.78. The number of hydrazine groups is 1. The van der Waals surface area contributed by atoms with E-state index in [1.54, 1.807) is 20.8 Å². The topological polar surface area (TPSA) is 84.7 Å². The van der Waals surface area contributed by atoms with Crippen molar-refractivity contribution in [1.82, 2.24) is 10.4 Å². The molecule has 0 radical (unpaired) electrons. The first-order valence-corrected chi connectivity index (χ1v) is 6.08. The summed E-state index contributed by atoms with van der Waals surface area (Å²) in [5.41, 5.74) is 6.58. The second-order valence-corrected chi connectivity index (χ2v) is 5.32. The van der Waals surface area contributed by atoms with Crippen LogP contribution in [0.3, 0.4) is 0 Å². The van der Waals surface area contributed by atoms with Gasteiger partial charge in [-0.15, -0.1) is 0 Å². The summed E-state index contributed by atoms with van der Waals surface area (Å²) in [5.74, 6) is -1.60. The van der Waals surface area contributed by atoms with Crippen LogP contribution in [0.15, 0.2) is 18.2 Å². The number of carbonyl (C=O) groups excluding carboxylic acids is 2. The molecule has 0 heterocycles. The van der Waals surface area contributed by atoms with E-state index in [0.717, 1.165) is 12.1 Å². The molecule has 1 aromatic rings. The van der Waals surface area contributed by atoms with Crippen molar-refractivity contribution in [1.29, 1.82) is 0 Å². The van der Waals surface area contributed by atoms with E-state index in [1.165, 1.54) is 0 Å². The largest absolute Gasteiger partial charge is 0.443 e. The van der Waals surface area contributed by atoms with E-state index in [4.69, 9.17) is 10.5 Å². The Hall–Kier alpha value is -2.38. The van der Waals surface area contributed by atoms with Gasteiger partial charge in [0.25, 0.3) is 0 Å². The van der Waals surface area contributed by atoms with Crippen LogP contribution in [0.4, 0.5) is 18.4 Å². The first-order valence-electron chi connectivity index (χ1n) is 6.08. The number of amides is 3. The van der Waals surface area contributed by atoms with Crippen molar-refractivity contribution < 1.29 is 23.1 Å². The lowest BCUT2D eigenvalue weighted by atomic mass is 10.2. The molecule has 0 saturated carbocycles. The molecule has 0 aromatic heterocycles. The van der Waals surface area contributed by atoms with Gasteiger partial charge in [-0.2, -0.15) is 0 Å². The number of benzene rings is 1. The van der Waals surface area contributed by atoms with Crippen LogP contribution in [0, 0.1) is 11.6 Å². The first-order chi connectivity index (χ1) is 9.56. The van der Waals surface area contributed by atoms with Crippen LogP contribution < -0.4 is 11.2 Å². The molecule has 6 nitrogen and oxygen atoms in total. The van der Waals surface area contributed by atoms with Crippen LogP contribution in [0.5, 0.6) is 0 Å². The molecular weight excluding hydrogens is 284 g/mol. The van der Waals surface area contributed by atoms with E-state index in [1.807, 2.05) is 0 Å². The van der Waals surface area contributed by atoms with Crippen molar-refractivity contribution in [2.24, 2.45) is 5.73 Å². The van der Waals surface area contributed by atoms with Crippen molar-refractivity contribution in [3.63, 3.8) is 0 Å². The van der Waals surface area contributed by atoms with Crippen LogP contribution in [0.1, 0.15) is 26.3 Å². The van der Waals surface area contributed by atoms with E-state index in [2.05, 4.69) is 5.43 Å². The molecular formula is C13H17F2N3O3. The molecule has 0 aliphatic heterocycles. The Kier molecular flexibility index (Phi) is 5.07. The first kappa shape index (κ1) is 16.7. The Labute approximate surface area is 120 Å². The van der Waals surface area contributed by atoms with Crippen LogP contribution >= 0.6 is 0 Å². The van der Waals surface area contributed by atoms with E-state index < -0.39 is 29.4 Å². The minimum absolute atomic E-state index is 0.127. The van der Waals surface area contributed by atoms with Gasteiger partial charge in [0.2, 0.25) is 0 Å². The van der Waals surface area contributed by atoms with Crippen molar-refractivity contribution >= 4 is 12.1 Å². The molecule has 0 saturated heterocycles. The Bertz CT molecular complexity index is 524. The number of carbonyl (C=O) groups is 2. The SMILES string of the molecule is CC(C)(C)OC(=O)NN(Cc1cc(F)cc(F)c1)C(N)=O. The predicted octanol–water partition coefficient (Wildman–Crippen LogP) is 2.29. The molecule has 0 bridgehead atoms. The molecule has 0 fully saturated rings. The lowest BCUT2D eigenvalue weighted by molar-refractivity contribution is 0.0375. The summed E-state index contributed by atoms with van der Waals surface area (Å²) in [4.78, 5) is 22.8. The maximum atomic E-state index is 13.1. The fraction of sp³-hybridized carbons (Fsp3) is 0.385. The molecule has 0 unspecified atom stereocenters. The van der Waals surface area contributed by atoms with Gasteiger partial charge >= 0.3 is 12.1 Å². The van der Waals surface area contributed by atoms with Crippen molar-refractivity contribution in [3.05, 3.63) is 35.4 Å². The van der Waals surface area contributed by atoms with E-state index in [9.17, 15) is 18.4 Å². The summed E-state index contributed by atoms with van der Waals surface area (Å²) in [6, 6.07) is 1.75. The quantitative estimate of drug-likeness (QED) is 0.822. The van der Waals surface area contributed by atoms with Gasteiger partial charge < -0.3 is 10.5 Å². The number of nitrogens with one attached hydrogen (secondary N) is 1. The Morgan fingerprint density at radius 1 is 1.24 bits per heavy atom. The number of urea groups is 1. The molecule has 3 amide bonds. The fourth-order valence-electron chi connectivity index (χ4n) is 1.47. The summed E-state index contributed by atoms with van der Waals surface area (Å²) in [6.45, 7) is 4.62. The highest BCUT2D eigenvalue weighted by Gasteiger charge is 2.20. The van der Waals surface area contributed by atoms with Crippen LogP contribution in [-0.2, 0) is 11.3 Å². The monoisotopic (exact) mass is 301 g/mol. The number of hydrogen-bond acceptors (Lipinski definition) is 3. The lowest BCUT2D eigenvalue weighted by Crippen LogP contribution is -2.49. The minimum atomic E-state index is -0.995. The maximum Gasteiger partial charge on any atom is 0.426 e. The average molecular weight is 301 g/mol. The standard InChI is InChI=1S/C13H17F2N3O3/c1-13(2,3)21-12(20)17-18(11(16)19)7-8-4-9(14)6-10(15)5-8/h4-6H,7H2,1-3H3,(H2,16,19)(H,17,20). The smallest absolute Gasteiger partial charge is 0.426 e.